The Morgan fingerprint density at radius 1 is 1.18 bits per heavy atom. The molecule has 0 amide bonds. The van der Waals surface area contributed by atoms with Gasteiger partial charge >= 0.3 is 210 Å². The Balaban J connectivity index is 1.54. The van der Waals surface area contributed by atoms with Gasteiger partial charge in [0.1, 0.15) is 0 Å². The maximum atomic E-state index is 11.1. The Hall–Kier alpha value is -1.77. The molecule has 4 bridgehead atoms. The van der Waals surface area contributed by atoms with Crippen molar-refractivity contribution < 1.29 is 24.1 Å². The predicted molar refractivity (Wildman–Crippen MR) is 133 cm³/mol. The van der Waals surface area contributed by atoms with Crippen LogP contribution < -0.4 is 9.20 Å². The summed E-state index contributed by atoms with van der Waals surface area (Å²) < 4.78 is 18.1. The molecule has 4 aliphatic rings. The first-order valence-corrected chi connectivity index (χ1v) is 14.2. The SMILES string of the molecule is CCC/C(C#C[Se]c1ccc(C23CC4CC(CC(C4)C2)C3)c(OCOCCOC)c1)=C\C(=O)O. The molecule has 0 saturated heterocycles. The first-order valence-electron chi connectivity index (χ1n) is 12.5. The second-order valence-corrected chi connectivity index (χ2v) is 12.0. The summed E-state index contributed by atoms with van der Waals surface area (Å²) in [5, 5.41) is 9.07. The fourth-order valence-corrected chi connectivity index (χ4v) is 7.87. The number of rotatable bonds is 11. The molecule has 0 atom stereocenters. The van der Waals surface area contributed by atoms with Crippen LogP contribution in [-0.2, 0) is 19.7 Å². The van der Waals surface area contributed by atoms with Crippen LogP contribution in [0.15, 0.2) is 29.8 Å². The van der Waals surface area contributed by atoms with Crippen LogP contribution in [0.4, 0.5) is 0 Å². The Morgan fingerprint density at radius 2 is 1.88 bits per heavy atom. The Labute approximate surface area is 209 Å². The van der Waals surface area contributed by atoms with Gasteiger partial charge in [-0.15, -0.1) is 0 Å². The van der Waals surface area contributed by atoms with E-state index in [-0.39, 0.29) is 27.2 Å². The maximum absolute atomic E-state index is 11.1. The number of carboxylic acid groups (broad SMARTS) is 1. The van der Waals surface area contributed by atoms with Crippen LogP contribution in [0.3, 0.4) is 0 Å². The summed E-state index contributed by atoms with van der Waals surface area (Å²) in [5.74, 6) is 5.69. The van der Waals surface area contributed by atoms with Crippen molar-refractivity contribution in [2.24, 2.45) is 17.8 Å². The molecule has 1 aromatic rings. The third-order valence-corrected chi connectivity index (χ3v) is 8.95. The number of benzene rings is 1. The molecule has 5 nitrogen and oxygen atoms in total. The van der Waals surface area contributed by atoms with Crippen LogP contribution in [0.5, 0.6) is 5.75 Å². The number of aliphatic carboxylic acids is 1. The van der Waals surface area contributed by atoms with Gasteiger partial charge in [-0.3, -0.25) is 0 Å². The molecule has 0 unspecified atom stereocenters. The molecule has 1 aromatic carbocycles. The van der Waals surface area contributed by atoms with Crippen LogP contribution in [-0.4, -0.2) is 53.1 Å². The van der Waals surface area contributed by atoms with Crippen molar-refractivity contribution >= 4 is 25.4 Å². The van der Waals surface area contributed by atoms with Gasteiger partial charge in [-0.05, 0) is 0 Å². The normalized spacial score (nSPS) is 27.4. The zero-order chi connectivity index (χ0) is 24.0. The van der Waals surface area contributed by atoms with Crippen molar-refractivity contribution in [3.8, 4) is 16.5 Å². The van der Waals surface area contributed by atoms with Crippen molar-refractivity contribution in [3.05, 3.63) is 35.4 Å². The van der Waals surface area contributed by atoms with Gasteiger partial charge in [-0.2, -0.15) is 0 Å². The van der Waals surface area contributed by atoms with E-state index in [9.17, 15) is 4.79 Å². The van der Waals surface area contributed by atoms with Crippen molar-refractivity contribution in [2.75, 3.05) is 27.1 Å². The van der Waals surface area contributed by atoms with Gasteiger partial charge in [-0.25, -0.2) is 0 Å². The van der Waals surface area contributed by atoms with Gasteiger partial charge in [0.05, 0.1) is 0 Å². The molecule has 0 aliphatic heterocycles. The minimum absolute atomic E-state index is 0.0830. The first kappa shape index (κ1) is 25.3. The minimum atomic E-state index is -0.936. The number of carboxylic acids is 1. The van der Waals surface area contributed by atoms with Gasteiger partial charge in [-0.1, -0.05) is 0 Å². The van der Waals surface area contributed by atoms with Crippen molar-refractivity contribution in [2.45, 2.75) is 63.7 Å². The molecule has 0 heterocycles. The predicted octanol–water partition coefficient (Wildman–Crippen LogP) is 4.26. The van der Waals surface area contributed by atoms with E-state index in [1.54, 1.807) is 7.11 Å². The van der Waals surface area contributed by atoms with Gasteiger partial charge < -0.3 is 0 Å². The fraction of sp³-hybridized carbons (Fsp3) is 0.607. The zero-order valence-corrected chi connectivity index (χ0v) is 22.0. The van der Waals surface area contributed by atoms with E-state index in [4.69, 9.17) is 19.3 Å². The molecule has 0 aromatic heterocycles. The molecular weight excluding hydrogens is 495 g/mol. The van der Waals surface area contributed by atoms with Crippen LogP contribution in [0.1, 0.15) is 63.9 Å². The number of methoxy groups -OCH3 is 1. The molecule has 0 radical (unpaired) electrons. The fourth-order valence-electron chi connectivity index (χ4n) is 6.61. The third kappa shape index (κ3) is 6.26. The van der Waals surface area contributed by atoms with Gasteiger partial charge in [0.15, 0.2) is 0 Å². The van der Waals surface area contributed by atoms with E-state index < -0.39 is 5.97 Å². The standard InChI is InChI=1S/C28H36O5Se/c1-3-4-20(14-27(29)30)7-10-34-24-5-6-25(26(15-24)33-19-32-9-8-31-2)28-16-21-11-22(17-28)13-23(12-21)18-28/h5-6,14-15,21-23H,3-4,8-9,11-13,16-19H2,1-2H3,(H,29,30)/b20-14+. The molecule has 0 spiro atoms. The second kappa shape index (κ2) is 11.8. The first-order chi connectivity index (χ1) is 16.5. The van der Waals surface area contributed by atoms with E-state index in [1.165, 1.54) is 50.2 Å². The summed E-state index contributed by atoms with van der Waals surface area (Å²) in [4.78, 5) is 14.3. The molecule has 4 aliphatic carbocycles. The molecular formula is C28H36O5Se. The topological polar surface area (TPSA) is 65.0 Å². The molecule has 34 heavy (non-hydrogen) atoms. The van der Waals surface area contributed by atoms with Crippen LogP contribution in [0.2, 0.25) is 0 Å². The van der Waals surface area contributed by atoms with Gasteiger partial charge in [0.25, 0.3) is 0 Å². The number of allylic oxidation sites excluding steroid dienone is 1. The van der Waals surface area contributed by atoms with E-state index in [2.05, 4.69) is 28.9 Å². The van der Waals surface area contributed by atoms with Crippen molar-refractivity contribution in [1.82, 2.24) is 0 Å². The second-order valence-electron chi connectivity index (χ2n) is 10.1. The van der Waals surface area contributed by atoms with Gasteiger partial charge in [0.2, 0.25) is 0 Å². The molecule has 184 valence electrons. The zero-order valence-electron chi connectivity index (χ0n) is 20.3. The number of carbonyl (C=O) groups is 1. The Morgan fingerprint density at radius 3 is 2.50 bits per heavy atom. The van der Waals surface area contributed by atoms with Crippen LogP contribution in [0, 0.1) is 28.5 Å². The van der Waals surface area contributed by atoms with Crippen LogP contribution in [0.25, 0.3) is 0 Å². The summed E-state index contributed by atoms with van der Waals surface area (Å²) >= 11 is -0.0830. The molecule has 4 saturated carbocycles. The van der Waals surface area contributed by atoms with Crippen LogP contribution >= 0.6 is 0 Å². The van der Waals surface area contributed by atoms with E-state index in [1.807, 2.05) is 6.92 Å². The molecule has 6 heteroatoms. The Kier molecular flexibility index (Phi) is 8.77. The Bertz CT molecular complexity index is 922. The van der Waals surface area contributed by atoms with Crippen molar-refractivity contribution in [3.63, 3.8) is 0 Å². The average Bonchev–Trinajstić information content (AvgIpc) is 2.78. The number of ether oxygens (including phenoxy) is 3. The van der Waals surface area contributed by atoms with E-state index >= 15 is 0 Å². The molecule has 5 rings (SSSR count). The quantitative estimate of drug-likeness (QED) is 0.152. The summed E-state index contributed by atoms with van der Waals surface area (Å²) in [6.45, 7) is 3.30. The number of hydrogen-bond donors (Lipinski definition) is 1. The van der Waals surface area contributed by atoms with Crippen molar-refractivity contribution in [1.29, 1.82) is 0 Å². The molecule has 4 fully saturated rings. The van der Waals surface area contributed by atoms with Gasteiger partial charge in [0, 0.05) is 0 Å². The average molecular weight is 532 g/mol. The summed E-state index contributed by atoms with van der Waals surface area (Å²) in [5.41, 5.74) is 2.28. The van der Waals surface area contributed by atoms with E-state index in [0.29, 0.717) is 25.2 Å². The molecule has 1 N–H and O–H groups in total. The summed E-state index contributed by atoms with van der Waals surface area (Å²) in [6, 6.07) is 6.65. The summed E-state index contributed by atoms with van der Waals surface area (Å²) in [6.07, 6.45) is 10.9. The number of hydrogen-bond acceptors (Lipinski definition) is 4. The third-order valence-electron chi connectivity index (χ3n) is 7.49. The monoisotopic (exact) mass is 532 g/mol. The summed E-state index contributed by atoms with van der Waals surface area (Å²) in [7, 11) is 1.67. The van der Waals surface area contributed by atoms with E-state index in [0.717, 1.165) is 34.4 Å².